The zero-order valence-electron chi connectivity index (χ0n) is 12.7. The fourth-order valence-electron chi connectivity index (χ4n) is 2.16. The zero-order valence-corrected chi connectivity index (χ0v) is 12.7. The van der Waals surface area contributed by atoms with Gasteiger partial charge < -0.3 is 19.9 Å². The molecule has 1 unspecified atom stereocenters. The summed E-state index contributed by atoms with van der Waals surface area (Å²) in [5.41, 5.74) is 5.41. The van der Waals surface area contributed by atoms with E-state index in [1.165, 1.54) is 19.3 Å². The molecule has 1 saturated heterocycles. The van der Waals surface area contributed by atoms with E-state index < -0.39 is 0 Å². The van der Waals surface area contributed by atoms with Gasteiger partial charge >= 0.3 is 0 Å². The molecule has 4 nitrogen and oxygen atoms in total. The van der Waals surface area contributed by atoms with Crippen LogP contribution in [-0.4, -0.2) is 39.3 Å². The molecule has 0 aliphatic carbocycles. The lowest BCUT2D eigenvalue weighted by Crippen LogP contribution is -2.24. The summed E-state index contributed by atoms with van der Waals surface area (Å²) in [5.74, 6) is 0. The smallest absolute Gasteiger partial charge is 0.157 e. The molecule has 0 aromatic rings. The third-order valence-corrected chi connectivity index (χ3v) is 3.33. The maximum atomic E-state index is 5.60. The molecular formula is C16H31NO3. The van der Waals surface area contributed by atoms with Crippen molar-refractivity contribution in [2.24, 2.45) is 5.73 Å². The van der Waals surface area contributed by atoms with Crippen molar-refractivity contribution < 1.29 is 14.2 Å². The van der Waals surface area contributed by atoms with E-state index in [4.69, 9.17) is 19.9 Å². The Bertz CT molecular complexity index is 228. The molecule has 0 aromatic heterocycles. The Morgan fingerprint density at radius 1 is 1.00 bits per heavy atom. The molecule has 1 aliphatic heterocycles. The maximum Gasteiger partial charge on any atom is 0.157 e. The standard InChI is InChI=1S/C16H31NO3/c17-11-7-4-2-1-3-5-8-12-18-14-15-20-16-10-6-9-13-19-16/h2,4,16H,1,3,5-15,17H2/b4-2-. The van der Waals surface area contributed by atoms with Gasteiger partial charge in [0.25, 0.3) is 0 Å². The van der Waals surface area contributed by atoms with Crippen LogP contribution in [0.3, 0.4) is 0 Å². The molecule has 4 heteroatoms. The van der Waals surface area contributed by atoms with Crippen molar-refractivity contribution in [3.05, 3.63) is 12.2 Å². The number of hydrogen-bond acceptors (Lipinski definition) is 4. The SMILES string of the molecule is NCC/C=C\CCCCCOCCOC1CCCCO1. The molecule has 1 atom stereocenters. The van der Waals surface area contributed by atoms with Gasteiger partial charge in [0.2, 0.25) is 0 Å². The van der Waals surface area contributed by atoms with Crippen LogP contribution < -0.4 is 5.73 Å². The molecule has 0 bridgehead atoms. The van der Waals surface area contributed by atoms with Crippen molar-refractivity contribution >= 4 is 0 Å². The van der Waals surface area contributed by atoms with Gasteiger partial charge in [-0.05, 0) is 51.5 Å². The summed E-state index contributed by atoms with van der Waals surface area (Å²) in [6.07, 6.45) is 13.5. The highest BCUT2D eigenvalue weighted by Gasteiger charge is 2.13. The molecule has 1 aliphatic rings. The largest absolute Gasteiger partial charge is 0.379 e. The summed E-state index contributed by atoms with van der Waals surface area (Å²) in [5, 5.41) is 0. The van der Waals surface area contributed by atoms with Gasteiger partial charge in [0.1, 0.15) is 0 Å². The first-order valence-corrected chi connectivity index (χ1v) is 8.09. The average molecular weight is 285 g/mol. The Morgan fingerprint density at radius 2 is 1.90 bits per heavy atom. The molecule has 0 amide bonds. The summed E-state index contributed by atoms with van der Waals surface area (Å²) >= 11 is 0. The van der Waals surface area contributed by atoms with Crippen LogP contribution in [0.2, 0.25) is 0 Å². The monoisotopic (exact) mass is 285 g/mol. The Kier molecular flexibility index (Phi) is 12.0. The minimum Gasteiger partial charge on any atom is -0.379 e. The first-order valence-electron chi connectivity index (χ1n) is 8.09. The third-order valence-electron chi connectivity index (χ3n) is 3.33. The Morgan fingerprint density at radius 3 is 2.70 bits per heavy atom. The van der Waals surface area contributed by atoms with Gasteiger partial charge in [-0.2, -0.15) is 0 Å². The second-order valence-corrected chi connectivity index (χ2v) is 5.18. The van der Waals surface area contributed by atoms with Crippen LogP contribution in [0.4, 0.5) is 0 Å². The Balaban J connectivity index is 1.74. The van der Waals surface area contributed by atoms with E-state index in [9.17, 15) is 0 Å². The first-order chi connectivity index (χ1) is 9.93. The van der Waals surface area contributed by atoms with Crippen LogP contribution in [0.5, 0.6) is 0 Å². The van der Waals surface area contributed by atoms with Gasteiger partial charge in [0, 0.05) is 13.2 Å². The molecule has 2 N–H and O–H groups in total. The van der Waals surface area contributed by atoms with Gasteiger partial charge in [-0.25, -0.2) is 0 Å². The van der Waals surface area contributed by atoms with E-state index in [0.717, 1.165) is 51.9 Å². The molecule has 0 radical (unpaired) electrons. The fourth-order valence-corrected chi connectivity index (χ4v) is 2.16. The van der Waals surface area contributed by atoms with Gasteiger partial charge in [-0.15, -0.1) is 0 Å². The van der Waals surface area contributed by atoms with Gasteiger partial charge in [0.05, 0.1) is 13.2 Å². The number of allylic oxidation sites excluding steroid dienone is 1. The zero-order chi connectivity index (χ0) is 14.3. The molecule has 1 rings (SSSR count). The van der Waals surface area contributed by atoms with Crippen LogP contribution >= 0.6 is 0 Å². The van der Waals surface area contributed by atoms with Crippen LogP contribution in [0.1, 0.15) is 51.4 Å². The van der Waals surface area contributed by atoms with Gasteiger partial charge in [-0.1, -0.05) is 18.6 Å². The van der Waals surface area contributed by atoms with Crippen LogP contribution in [0.15, 0.2) is 12.2 Å². The summed E-state index contributed by atoms with van der Waals surface area (Å²) in [6, 6.07) is 0. The average Bonchev–Trinajstić information content (AvgIpc) is 2.49. The fraction of sp³-hybridized carbons (Fsp3) is 0.875. The van der Waals surface area contributed by atoms with Crippen LogP contribution in [-0.2, 0) is 14.2 Å². The van der Waals surface area contributed by atoms with Gasteiger partial charge in [-0.3, -0.25) is 0 Å². The maximum absolute atomic E-state index is 5.60. The minimum atomic E-state index is 0.00709. The number of hydrogen-bond donors (Lipinski definition) is 1. The van der Waals surface area contributed by atoms with Crippen molar-refractivity contribution in [3.8, 4) is 0 Å². The van der Waals surface area contributed by atoms with Crippen LogP contribution in [0.25, 0.3) is 0 Å². The lowest BCUT2D eigenvalue weighted by Gasteiger charge is -2.22. The number of rotatable bonds is 12. The van der Waals surface area contributed by atoms with Crippen LogP contribution in [0, 0.1) is 0 Å². The van der Waals surface area contributed by atoms with Crippen molar-refractivity contribution in [2.75, 3.05) is 33.0 Å². The molecule has 0 aromatic carbocycles. The molecular weight excluding hydrogens is 254 g/mol. The predicted molar refractivity (Wildman–Crippen MR) is 81.6 cm³/mol. The summed E-state index contributed by atoms with van der Waals surface area (Å²) in [4.78, 5) is 0. The Labute approximate surface area is 123 Å². The lowest BCUT2D eigenvalue weighted by molar-refractivity contribution is -0.169. The van der Waals surface area contributed by atoms with E-state index in [2.05, 4.69) is 12.2 Å². The highest BCUT2D eigenvalue weighted by atomic mass is 16.7. The van der Waals surface area contributed by atoms with Crippen molar-refractivity contribution in [1.29, 1.82) is 0 Å². The van der Waals surface area contributed by atoms with E-state index in [1.807, 2.05) is 0 Å². The summed E-state index contributed by atoms with van der Waals surface area (Å²) < 4.78 is 16.6. The predicted octanol–water partition coefficient (Wildman–Crippen LogP) is 3.01. The highest BCUT2D eigenvalue weighted by Crippen LogP contribution is 2.13. The molecule has 0 saturated carbocycles. The van der Waals surface area contributed by atoms with Crippen molar-refractivity contribution in [3.63, 3.8) is 0 Å². The second kappa shape index (κ2) is 13.6. The molecule has 1 fully saturated rings. The normalized spacial score (nSPS) is 19.8. The van der Waals surface area contributed by atoms with Crippen molar-refractivity contribution in [1.82, 2.24) is 0 Å². The van der Waals surface area contributed by atoms with Crippen molar-refractivity contribution in [2.45, 2.75) is 57.7 Å². The van der Waals surface area contributed by atoms with E-state index in [-0.39, 0.29) is 6.29 Å². The minimum absolute atomic E-state index is 0.00709. The third kappa shape index (κ3) is 10.4. The number of nitrogens with two attached hydrogens (primary N) is 1. The molecule has 118 valence electrons. The van der Waals surface area contributed by atoms with Gasteiger partial charge in [0.15, 0.2) is 6.29 Å². The second-order valence-electron chi connectivity index (χ2n) is 5.18. The first kappa shape index (κ1) is 17.6. The quantitative estimate of drug-likeness (QED) is 0.442. The topological polar surface area (TPSA) is 53.7 Å². The number of unbranched alkanes of at least 4 members (excludes halogenated alkanes) is 3. The summed E-state index contributed by atoms with van der Waals surface area (Å²) in [7, 11) is 0. The molecule has 1 heterocycles. The van der Waals surface area contributed by atoms with E-state index in [1.54, 1.807) is 0 Å². The summed E-state index contributed by atoms with van der Waals surface area (Å²) in [6.45, 7) is 3.74. The molecule has 0 spiro atoms. The molecule has 20 heavy (non-hydrogen) atoms. The van der Waals surface area contributed by atoms with E-state index >= 15 is 0 Å². The number of ether oxygens (including phenoxy) is 3. The lowest BCUT2D eigenvalue weighted by atomic mass is 10.2. The Hall–Kier alpha value is -0.420. The highest BCUT2D eigenvalue weighted by molar-refractivity contribution is 4.81. The van der Waals surface area contributed by atoms with E-state index in [0.29, 0.717) is 13.2 Å².